The van der Waals surface area contributed by atoms with E-state index >= 15 is 0 Å². The van der Waals surface area contributed by atoms with E-state index in [-0.39, 0.29) is 12.7 Å². The lowest BCUT2D eigenvalue weighted by atomic mass is 10.1. The second-order valence-corrected chi connectivity index (χ2v) is 6.59. The van der Waals surface area contributed by atoms with Crippen molar-refractivity contribution in [2.24, 2.45) is 4.99 Å². The number of carbonyl (C=O) groups is 1. The van der Waals surface area contributed by atoms with Gasteiger partial charge in [-0.05, 0) is 18.6 Å². The SMILES string of the molecule is C#CCn1c(=NC(=O)c2ccccc2C)sc2cc3c(cc21)OCO3. The van der Waals surface area contributed by atoms with Gasteiger partial charge in [0.2, 0.25) is 6.79 Å². The summed E-state index contributed by atoms with van der Waals surface area (Å²) in [5.41, 5.74) is 2.35. The number of amides is 1. The molecule has 1 aromatic heterocycles. The molecular formula is C19H14N2O3S. The van der Waals surface area contributed by atoms with E-state index < -0.39 is 0 Å². The third-order valence-corrected chi connectivity index (χ3v) is 5.04. The van der Waals surface area contributed by atoms with Gasteiger partial charge in [0.15, 0.2) is 16.3 Å². The largest absolute Gasteiger partial charge is 0.454 e. The number of carbonyl (C=O) groups excluding carboxylic acids is 1. The maximum Gasteiger partial charge on any atom is 0.279 e. The molecule has 1 aliphatic rings. The lowest BCUT2D eigenvalue weighted by Crippen LogP contribution is -2.16. The number of ether oxygens (including phenoxy) is 2. The van der Waals surface area contributed by atoms with Crippen LogP contribution >= 0.6 is 11.3 Å². The van der Waals surface area contributed by atoms with Crippen LogP contribution in [0.25, 0.3) is 10.2 Å². The van der Waals surface area contributed by atoms with Gasteiger partial charge in [0.1, 0.15) is 0 Å². The number of benzene rings is 2. The lowest BCUT2D eigenvalue weighted by Gasteiger charge is -2.02. The first kappa shape index (κ1) is 15.5. The van der Waals surface area contributed by atoms with Crippen LogP contribution in [0.2, 0.25) is 0 Å². The molecule has 0 N–H and O–H groups in total. The highest BCUT2D eigenvalue weighted by molar-refractivity contribution is 7.16. The average Bonchev–Trinajstić information content (AvgIpc) is 3.18. The van der Waals surface area contributed by atoms with Crippen molar-refractivity contribution in [3.63, 3.8) is 0 Å². The summed E-state index contributed by atoms with van der Waals surface area (Å²) in [7, 11) is 0. The minimum atomic E-state index is -0.282. The molecule has 5 nitrogen and oxygen atoms in total. The number of aromatic nitrogens is 1. The molecule has 2 aromatic carbocycles. The van der Waals surface area contributed by atoms with Gasteiger partial charge in [-0.2, -0.15) is 4.99 Å². The molecular weight excluding hydrogens is 336 g/mol. The van der Waals surface area contributed by atoms with Crippen LogP contribution in [0.5, 0.6) is 11.5 Å². The normalized spacial score (nSPS) is 13.2. The number of thiazole rings is 1. The van der Waals surface area contributed by atoms with Crippen molar-refractivity contribution in [1.82, 2.24) is 4.57 Å². The Morgan fingerprint density at radius 1 is 1.32 bits per heavy atom. The predicted molar refractivity (Wildman–Crippen MR) is 95.8 cm³/mol. The predicted octanol–water partition coefficient (Wildman–Crippen LogP) is 3.11. The zero-order valence-corrected chi connectivity index (χ0v) is 14.3. The zero-order valence-electron chi connectivity index (χ0n) is 13.5. The molecule has 0 saturated carbocycles. The summed E-state index contributed by atoms with van der Waals surface area (Å²) < 4.78 is 13.6. The van der Waals surface area contributed by atoms with Gasteiger partial charge in [-0.3, -0.25) is 4.79 Å². The van der Waals surface area contributed by atoms with Gasteiger partial charge in [0.05, 0.1) is 16.8 Å². The van der Waals surface area contributed by atoms with Crippen LogP contribution < -0.4 is 14.3 Å². The van der Waals surface area contributed by atoms with Gasteiger partial charge in [-0.25, -0.2) is 0 Å². The smallest absolute Gasteiger partial charge is 0.279 e. The van der Waals surface area contributed by atoms with Gasteiger partial charge in [-0.15, -0.1) is 6.42 Å². The fourth-order valence-corrected chi connectivity index (χ4v) is 3.79. The first-order chi connectivity index (χ1) is 12.2. The molecule has 0 unspecified atom stereocenters. The Hall–Kier alpha value is -3.04. The van der Waals surface area contributed by atoms with Crippen LogP contribution in [0.4, 0.5) is 0 Å². The summed E-state index contributed by atoms with van der Waals surface area (Å²) in [5.74, 6) is 3.71. The molecule has 4 rings (SSSR count). The Bertz CT molecular complexity index is 1100. The van der Waals surface area contributed by atoms with Crippen molar-refractivity contribution >= 4 is 27.5 Å². The Balaban J connectivity index is 1.89. The van der Waals surface area contributed by atoms with Crippen LogP contribution in [-0.4, -0.2) is 17.3 Å². The summed E-state index contributed by atoms with van der Waals surface area (Å²) in [6.07, 6.45) is 5.51. The summed E-state index contributed by atoms with van der Waals surface area (Å²) in [6.45, 7) is 2.42. The minimum Gasteiger partial charge on any atom is -0.454 e. The van der Waals surface area contributed by atoms with Gasteiger partial charge < -0.3 is 14.0 Å². The van der Waals surface area contributed by atoms with Crippen molar-refractivity contribution < 1.29 is 14.3 Å². The molecule has 0 bridgehead atoms. The molecule has 2 heterocycles. The van der Waals surface area contributed by atoms with Gasteiger partial charge >= 0.3 is 0 Å². The molecule has 0 saturated heterocycles. The molecule has 3 aromatic rings. The molecule has 25 heavy (non-hydrogen) atoms. The van der Waals surface area contributed by atoms with E-state index in [9.17, 15) is 4.79 Å². The highest BCUT2D eigenvalue weighted by Gasteiger charge is 2.18. The summed E-state index contributed by atoms with van der Waals surface area (Å²) in [4.78, 5) is 17.5. The van der Waals surface area contributed by atoms with E-state index in [1.54, 1.807) is 6.07 Å². The first-order valence-corrected chi connectivity index (χ1v) is 8.50. The van der Waals surface area contributed by atoms with Crippen LogP contribution in [0.3, 0.4) is 0 Å². The van der Waals surface area contributed by atoms with Crippen LogP contribution in [0.1, 0.15) is 15.9 Å². The summed E-state index contributed by atoms with van der Waals surface area (Å²) in [5, 5.41) is 0. The van der Waals surface area contributed by atoms with Crippen LogP contribution in [0, 0.1) is 19.3 Å². The monoisotopic (exact) mass is 350 g/mol. The second-order valence-electron chi connectivity index (χ2n) is 5.58. The Kier molecular flexibility index (Phi) is 3.79. The Morgan fingerprint density at radius 3 is 2.84 bits per heavy atom. The van der Waals surface area contributed by atoms with E-state index in [2.05, 4.69) is 10.9 Å². The van der Waals surface area contributed by atoms with Crippen molar-refractivity contribution in [1.29, 1.82) is 0 Å². The van der Waals surface area contributed by atoms with Crippen molar-refractivity contribution in [2.45, 2.75) is 13.5 Å². The van der Waals surface area contributed by atoms with E-state index in [4.69, 9.17) is 15.9 Å². The molecule has 0 fully saturated rings. The maximum absolute atomic E-state index is 12.6. The van der Waals surface area contributed by atoms with E-state index in [1.165, 1.54) is 11.3 Å². The molecule has 6 heteroatoms. The van der Waals surface area contributed by atoms with E-state index in [1.807, 2.05) is 41.8 Å². The number of terminal acetylenes is 1. The number of hydrogen-bond acceptors (Lipinski definition) is 4. The fourth-order valence-electron chi connectivity index (χ4n) is 2.75. The number of rotatable bonds is 2. The van der Waals surface area contributed by atoms with Crippen LogP contribution in [-0.2, 0) is 6.54 Å². The summed E-state index contributed by atoms with van der Waals surface area (Å²) in [6, 6.07) is 11.2. The van der Waals surface area contributed by atoms with Gasteiger partial charge in [-0.1, -0.05) is 35.5 Å². The molecule has 0 radical (unpaired) electrons. The second kappa shape index (κ2) is 6.11. The quantitative estimate of drug-likeness (QED) is 0.667. The van der Waals surface area contributed by atoms with Crippen molar-refractivity contribution in [3.05, 3.63) is 52.3 Å². The summed E-state index contributed by atoms with van der Waals surface area (Å²) >= 11 is 1.40. The molecule has 0 aliphatic carbocycles. The maximum atomic E-state index is 12.6. The molecule has 0 atom stereocenters. The average molecular weight is 350 g/mol. The van der Waals surface area contributed by atoms with E-state index in [0.717, 1.165) is 15.8 Å². The number of aryl methyl sites for hydroxylation is 1. The van der Waals surface area contributed by atoms with Crippen LogP contribution in [0.15, 0.2) is 41.4 Å². The molecule has 0 spiro atoms. The molecule has 1 aliphatic heterocycles. The Labute approximate surface area is 148 Å². The standard InChI is InChI=1S/C19H14N2O3S/c1-3-8-21-14-9-15-16(24-11-23-15)10-17(14)25-19(21)20-18(22)13-7-5-4-6-12(13)2/h1,4-7,9-10H,8,11H2,2H3. The van der Waals surface area contributed by atoms with Gasteiger partial charge in [0, 0.05) is 17.7 Å². The van der Waals surface area contributed by atoms with Crippen molar-refractivity contribution in [3.8, 4) is 23.8 Å². The first-order valence-electron chi connectivity index (χ1n) is 7.68. The molecule has 1 amide bonds. The molecule has 124 valence electrons. The topological polar surface area (TPSA) is 52.8 Å². The van der Waals surface area contributed by atoms with E-state index in [0.29, 0.717) is 28.4 Å². The number of hydrogen-bond donors (Lipinski definition) is 0. The highest BCUT2D eigenvalue weighted by Crippen LogP contribution is 2.36. The number of nitrogens with zero attached hydrogens (tertiary/aromatic N) is 2. The Morgan fingerprint density at radius 2 is 2.08 bits per heavy atom. The zero-order chi connectivity index (χ0) is 17.4. The fraction of sp³-hybridized carbons (Fsp3) is 0.158. The van der Waals surface area contributed by atoms with Crippen molar-refractivity contribution in [2.75, 3.05) is 6.79 Å². The lowest BCUT2D eigenvalue weighted by molar-refractivity contribution is 0.0997. The van der Waals surface area contributed by atoms with Gasteiger partial charge in [0.25, 0.3) is 5.91 Å². The highest BCUT2D eigenvalue weighted by atomic mass is 32.1. The third kappa shape index (κ3) is 2.69. The minimum absolute atomic E-state index is 0.213. The number of fused-ring (bicyclic) bond motifs is 2. The third-order valence-electron chi connectivity index (χ3n) is 4.00.